The summed E-state index contributed by atoms with van der Waals surface area (Å²) in [6.07, 6.45) is 0.729. The van der Waals surface area contributed by atoms with Crippen LogP contribution in [0, 0.1) is 13.8 Å². The number of aryl methyl sites for hydroxylation is 2. The first kappa shape index (κ1) is 17.7. The molecule has 2 N–H and O–H groups in total. The van der Waals surface area contributed by atoms with E-state index in [4.69, 9.17) is 20.0 Å². The highest BCUT2D eigenvalue weighted by molar-refractivity contribution is 5.97. The third-order valence-corrected chi connectivity index (χ3v) is 3.53. The number of hydrogen-bond donors (Lipinski definition) is 1. The van der Waals surface area contributed by atoms with Crippen LogP contribution in [0.25, 0.3) is 0 Å². The largest absolute Gasteiger partial charge is 0.497 e. The number of methoxy groups -OCH3 is 1. The zero-order valence-electron chi connectivity index (χ0n) is 14.4. The third-order valence-electron chi connectivity index (χ3n) is 3.53. The Balaban J connectivity index is 1.72. The van der Waals surface area contributed by atoms with E-state index in [-0.39, 0.29) is 0 Å². The van der Waals surface area contributed by atoms with Crippen LogP contribution in [0.3, 0.4) is 0 Å². The van der Waals surface area contributed by atoms with Crippen LogP contribution in [0.5, 0.6) is 11.5 Å². The first-order valence-corrected chi connectivity index (χ1v) is 7.90. The van der Waals surface area contributed by atoms with Crippen molar-refractivity contribution in [3.05, 3.63) is 59.2 Å². The van der Waals surface area contributed by atoms with Crippen molar-refractivity contribution in [2.24, 2.45) is 10.9 Å². The number of oxime groups is 1. The van der Waals surface area contributed by atoms with Gasteiger partial charge in [0.2, 0.25) is 0 Å². The fourth-order valence-corrected chi connectivity index (χ4v) is 2.10. The van der Waals surface area contributed by atoms with Crippen molar-refractivity contribution >= 4 is 5.84 Å². The molecule has 128 valence electrons. The summed E-state index contributed by atoms with van der Waals surface area (Å²) in [4.78, 5) is 5.25. The fraction of sp³-hybridized carbons (Fsp3) is 0.316. The molecule has 0 aliphatic rings. The second-order valence-electron chi connectivity index (χ2n) is 5.51. The Bertz CT molecular complexity index is 682. The van der Waals surface area contributed by atoms with Gasteiger partial charge in [0, 0.05) is 12.0 Å². The molecule has 2 aromatic carbocycles. The Morgan fingerprint density at radius 3 is 2.50 bits per heavy atom. The Morgan fingerprint density at radius 1 is 1.04 bits per heavy atom. The lowest BCUT2D eigenvalue weighted by Gasteiger charge is -2.09. The van der Waals surface area contributed by atoms with Crippen LogP contribution in [0.1, 0.15) is 23.1 Å². The standard InChI is InChI=1S/C19H24N2O3/c1-14-5-6-15(2)18(13-14)23-11-4-12-24-21-19(20)16-7-9-17(22-3)10-8-16/h5-10,13H,4,11-12H2,1-3H3,(H2,20,21). The molecule has 0 bridgehead atoms. The van der Waals surface area contributed by atoms with Crippen molar-refractivity contribution in [3.63, 3.8) is 0 Å². The van der Waals surface area contributed by atoms with Crippen LogP contribution < -0.4 is 15.2 Å². The highest BCUT2D eigenvalue weighted by atomic mass is 16.6. The van der Waals surface area contributed by atoms with Gasteiger partial charge in [0.15, 0.2) is 5.84 Å². The van der Waals surface area contributed by atoms with E-state index in [0.717, 1.165) is 29.0 Å². The maximum absolute atomic E-state index is 5.88. The number of amidine groups is 1. The van der Waals surface area contributed by atoms with Gasteiger partial charge in [0.25, 0.3) is 0 Å². The van der Waals surface area contributed by atoms with Gasteiger partial charge in [0.05, 0.1) is 13.7 Å². The zero-order chi connectivity index (χ0) is 17.4. The highest BCUT2D eigenvalue weighted by Gasteiger charge is 2.01. The van der Waals surface area contributed by atoms with Gasteiger partial charge < -0.3 is 20.0 Å². The van der Waals surface area contributed by atoms with Gasteiger partial charge in [-0.3, -0.25) is 0 Å². The number of nitrogens with two attached hydrogens (primary N) is 1. The summed E-state index contributed by atoms with van der Waals surface area (Å²) >= 11 is 0. The smallest absolute Gasteiger partial charge is 0.170 e. The zero-order valence-corrected chi connectivity index (χ0v) is 14.4. The third kappa shape index (κ3) is 5.19. The molecule has 2 aromatic rings. The van der Waals surface area contributed by atoms with Crippen LogP contribution in [0.15, 0.2) is 47.6 Å². The van der Waals surface area contributed by atoms with Gasteiger partial charge in [-0.15, -0.1) is 0 Å². The first-order valence-electron chi connectivity index (χ1n) is 7.90. The SMILES string of the molecule is COc1ccc(/C(N)=N/OCCCOc2cc(C)ccc2C)cc1. The quantitative estimate of drug-likeness (QED) is 0.349. The van der Waals surface area contributed by atoms with E-state index >= 15 is 0 Å². The maximum Gasteiger partial charge on any atom is 0.170 e. The molecule has 0 saturated heterocycles. The van der Waals surface area contributed by atoms with Gasteiger partial charge in [0.1, 0.15) is 18.1 Å². The van der Waals surface area contributed by atoms with E-state index < -0.39 is 0 Å². The van der Waals surface area contributed by atoms with Crippen molar-refractivity contribution in [2.45, 2.75) is 20.3 Å². The van der Waals surface area contributed by atoms with Gasteiger partial charge in [-0.25, -0.2) is 0 Å². The predicted octanol–water partition coefficient (Wildman–Crippen LogP) is 3.42. The van der Waals surface area contributed by atoms with E-state index in [1.807, 2.05) is 44.2 Å². The summed E-state index contributed by atoms with van der Waals surface area (Å²) in [5.41, 5.74) is 8.99. The van der Waals surface area contributed by atoms with Crippen LogP contribution >= 0.6 is 0 Å². The van der Waals surface area contributed by atoms with Gasteiger partial charge in [-0.2, -0.15) is 0 Å². The molecule has 0 heterocycles. The number of benzene rings is 2. The summed E-state index contributed by atoms with van der Waals surface area (Å²) in [6.45, 7) is 5.10. The minimum atomic E-state index is 0.341. The molecule has 0 spiro atoms. The molecule has 0 aromatic heterocycles. The number of ether oxygens (including phenoxy) is 2. The number of rotatable bonds is 8. The molecule has 5 nitrogen and oxygen atoms in total. The number of nitrogens with zero attached hydrogens (tertiary/aromatic N) is 1. The van der Waals surface area contributed by atoms with Crippen LogP contribution in [0.2, 0.25) is 0 Å². The Hall–Kier alpha value is -2.69. The molecular formula is C19H24N2O3. The van der Waals surface area contributed by atoms with Gasteiger partial charge in [-0.05, 0) is 55.3 Å². The molecule has 5 heteroatoms. The predicted molar refractivity (Wildman–Crippen MR) is 95.7 cm³/mol. The van der Waals surface area contributed by atoms with E-state index in [2.05, 4.69) is 17.3 Å². The van der Waals surface area contributed by atoms with Gasteiger partial charge in [-0.1, -0.05) is 17.3 Å². The lowest BCUT2D eigenvalue weighted by atomic mass is 10.1. The molecule has 0 aliphatic heterocycles. The van der Waals surface area contributed by atoms with Crippen molar-refractivity contribution < 1.29 is 14.3 Å². The van der Waals surface area contributed by atoms with E-state index in [9.17, 15) is 0 Å². The van der Waals surface area contributed by atoms with Gasteiger partial charge >= 0.3 is 0 Å². The molecule has 0 fully saturated rings. The highest BCUT2D eigenvalue weighted by Crippen LogP contribution is 2.19. The summed E-state index contributed by atoms with van der Waals surface area (Å²) in [7, 11) is 1.62. The average Bonchev–Trinajstić information content (AvgIpc) is 2.60. The van der Waals surface area contributed by atoms with E-state index in [1.54, 1.807) is 7.11 Å². The Morgan fingerprint density at radius 2 is 1.79 bits per heavy atom. The van der Waals surface area contributed by atoms with E-state index in [1.165, 1.54) is 5.56 Å². The summed E-state index contributed by atoms with van der Waals surface area (Å²) in [5, 5.41) is 3.92. The van der Waals surface area contributed by atoms with Crippen LogP contribution in [-0.2, 0) is 4.84 Å². The lowest BCUT2D eigenvalue weighted by Crippen LogP contribution is -2.14. The molecular weight excluding hydrogens is 304 g/mol. The Kier molecular flexibility index (Phi) is 6.49. The van der Waals surface area contributed by atoms with Crippen LogP contribution in [-0.4, -0.2) is 26.2 Å². The maximum atomic E-state index is 5.88. The minimum Gasteiger partial charge on any atom is -0.497 e. The van der Waals surface area contributed by atoms with Crippen molar-refractivity contribution in [2.75, 3.05) is 20.3 Å². The molecule has 0 aliphatic carbocycles. The second kappa shape index (κ2) is 8.82. The van der Waals surface area contributed by atoms with Crippen molar-refractivity contribution in [1.82, 2.24) is 0 Å². The van der Waals surface area contributed by atoms with Crippen LogP contribution in [0.4, 0.5) is 0 Å². The first-order chi connectivity index (χ1) is 11.6. The minimum absolute atomic E-state index is 0.341. The molecule has 0 atom stereocenters. The lowest BCUT2D eigenvalue weighted by molar-refractivity contribution is 0.127. The topological polar surface area (TPSA) is 66.1 Å². The molecule has 2 rings (SSSR count). The second-order valence-corrected chi connectivity index (χ2v) is 5.51. The molecule has 24 heavy (non-hydrogen) atoms. The summed E-state index contributed by atoms with van der Waals surface area (Å²) in [6, 6.07) is 13.5. The van der Waals surface area contributed by atoms with E-state index in [0.29, 0.717) is 19.0 Å². The fourth-order valence-electron chi connectivity index (χ4n) is 2.10. The van der Waals surface area contributed by atoms with Crippen molar-refractivity contribution in [1.29, 1.82) is 0 Å². The molecule has 0 saturated carbocycles. The summed E-state index contributed by atoms with van der Waals surface area (Å²) in [5.74, 6) is 2.03. The van der Waals surface area contributed by atoms with Crippen molar-refractivity contribution in [3.8, 4) is 11.5 Å². The number of hydrogen-bond acceptors (Lipinski definition) is 4. The molecule has 0 unspecified atom stereocenters. The molecule has 0 radical (unpaired) electrons. The average molecular weight is 328 g/mol. The normalized spacial score (nSPS) is 11.2. The molecule has 0 amide bonds. The Labute approximate surface area is 143 Å². The summed E-state index contributed by atoms with van der Waals surface area (Å²) < 4.78 is 10.9. The monoisotopic (exact) mass is 328 g/mol.